The zero-order valence-corrected chi connectivity index (χ0v) is 25.3. The Kier molecular flexibility index (Phi) is 12.4. The van der Waals surface area contributed by atoms with Crippen molar-refractivity contribution >= 4 is 42.3 Å². The minimum absolute atomic E-state index is 0.0572. The van der Waals surface area contributed by atoms with Crippen molar-refractivity contribution in [3.05, 3.63) is 77.4 Å². The number of aliphatic hydroxyl groups excluding tert-OH is 1. The third-order valence-corrected chi connectivity index (χ3v) is 6.79. The molecule has 1 N–H and O–H groups in total. The lowest BCUT2D eigenvalue weighted by Crippen LogP contribution is -2.34. The van der Waals surface area contributed by atoms with Crippen LogP contribution in [0.25, 0.3) is 0 Å². The van der Waals surface area contributed by atoms with Crippen LogP contribution in [0.1, 0.15) is 44.7 Å². The van der Waals surface area contributed by atoms with Gasteiger partial charge in [0.05, 0.1) is 51.2 Å². The Morgan fingerprint density at radius 3 is 2.26 bits per heavy atom. The molecule has 0 amide bonds. The highest BCUT2D eigenvalue weighted by atomic mass is 16.6. The molecule has 2 fully saturated rings. The summed E-state index contributed by atoms with van der Waals surface area (Å²) in [7, 11) is 1.17. The number of fused-ring (bicyclic) bond motifs is 1. The van der Waals surface area contributed by atoms with Gasteiger partial charge in [-0.25, -0.2) is 14.4 Å². The van der Waals surface area contributed by atoms with Crippen LogP contribution < -0.4 is 4.74 Å². The minimum atomic E-state index is -0.792. The molecule has 2 aliphatic rings. The van der Waals surface area contributed by atoms with E-state index in [0.717, 1.165) is 6.08 Å². The summed E-state index contributed by atoms with van der Waals surface area (Å²) in [5.41, 5.74) is 1.34. The fraction of sp³-hybridized carbons (Fsp3) is 0.344. The second-order valence-corrected chi connectivity index (χ2v) is 10.0. The van der Waals surface area contributed by atoms with Crippen molar-refractivity contribution in [3.63, 3.8) is 0 Å². The zero-order valence-electron chi connectivity index (χ0n) is 25.3. The van der Waals surface area contributed by atoms with Crippen molar-refractivity contribution in [2.24, 2.45) is 10.2 Å². The Labute approximate surface area is 268 Å². The molecular weight excluding hydrogens is 620 g/mol. The number of ether oxygens (including phenoxy) is 7. The summed E-state index contributed by atoms with van der Waals surface area (Å²) in [5.74, 6) is -3.56. The van der Waals surface area contributed by atoms with Gasteiger partial charge in [0.15, 0.2) is 6.10 Å². The van der Waals surface area contributed by atoms with E-state index in [-0.39, 0.29) is 50.6 Å². The molecule has 2 aromatic carbocycles. The summed E-state index contributed by atoms with van der Waals surface area (Å²) < 4.78 is 36.0. The van der Waals surface area contributed by atoms with E-state index in [1.807, 2.05) is 0 Å². The van der Waals surface area contributed by atoms with Gasteiger partial charge < -0.3 is 38.3 Å². The van der Waals surface area contributed by atoms with Crippen molar-refractivity contribution in [3.8, 4) is 5.75 Å². The fourth-order valence-corrected chi connectivity index (χ4v) is 4.45. The van der Waals surface area contributed by atoms with E-state index in [2.05, 4.69) is 21.5 Å². The van der Waals surface area contributed by atoms with Gasteiger partial charge in [-0.1, -0.05) is 18.7 Å². The highest BCUT2D eigenvalue weighted by Gasteiger charge is 2.49. The van der Waals surface area contributed by atoms with Crippen LogP contribution in [0.2, 0.25) is 0 Å². The van der Waals surface area contributed by atoms with Crippen LogP contribution in [0.5, 0.6) is 5.75 Å². The molecule has 2 aromatic rings. The number of carbonyl (C=O) groups excluding carboxylic acids is 5. The molecular formula is C32H32N2O13. The maximum atomic E-state index is 12.6. The molecule has 2 aliphatic heterocycles. The van der Waals surface area contributed by atoms with Gasteiger partial charge in [-0.05, 0) is 41.5 Å². The van der Waals surface area contributed by atoms with Gasteiger partial charge >= 0.3 is 29.8 Å². The van der Waals surface area contributed by atoms with E-state index >= 15 is 0 Å². The van der Waals surface area contributed by atoms with E-state index in [0.29, 0.717) is 16.7 Å². The van der Waals surface area contributed by atoms with Crippen LogP contribution in [0.15, 0.2) is 65.3 Å². The largest absolute Gasteiger partial charge is 0.465 e. The average molecular weight is 653 g/mol. The molecule has 0 aliphatic carbocycles. The summed E-state index contributed by atoms with van der Waals surface area (Å²) in [5, 5.41) is 17.8. The first-order valence-corrected chi connectivity index (χ1v) is 14.3. The first-order valence-electron chi connectivity index (χ1n) is 14.3. The highest BCUT2D eigenvalue weighted by Crippen LogP contribution is 2.29. The number of esters is 5. The Hall–Kier alpha value is -5.25. The monoisotopic (exact) mass is 652 g/mol. The van der Waals surface area contributed by atoms with Gasteiger partial charge in [0.25, 0.3) is 0 Å². The number of hydrogen-bond donors (Lipinski definition) is 1. The topological polar surface area (TPSA) is 195 Å². The van der Waals surface area contributed by atoms with Gasteiger partial charge in [-0.15, -0.1) is 0 Å². The van der Waals surface area contributed by atoms with Crippen molar-refractivity contribution in [2.75, 3.05) is 33.5 Å². The molecule has 0 spiro atoms. The van der Waals surface area contributed by atoms with Crippen molar-refractivity contribution in [2.45, 2.75) is 37.3 Å². The number of rotatable bonds is 14. The number of methoxy groups -OCH3 is 1. The van der Waals surface area contributed by atoms with Gasteiger partial charge in [0.1, 0.15) is 42.8 Å². The summed E-state index contributed by atoms with van der Waals surface area (Å²) >= 11 is 0. The molecule has 2 unspecified atom stereocenters. The van der Waals surface area contributed by atoms with Crippen LogP contribution in [-0.4, -0.2) is 105 Å². The predicted molar refractivity (Wildman–Crippen MR) is 161 cm³/mol. The fourth-order valence-electron chi connectivity index (χ4n) is 4.45. The van der Waals surface area contributed by atoms with E-state index in [9.17, 15) is 29.1 Å². The van der Waals surface area contributed by atoms with E-state index in [1.165, 1.54) is 37.7 Å². The van der Waals surface area contributed by atoms with Crippen molar-refractivity contribution < 1.29 is 62.2 Å². The van der Waals surface area contributed by atoms with Crippen LogP contribution in [-0.2, 0) is 42.8 Å². The van der Waals surface area contributed by atoms with Crippen LogP contribution in [0.4, 0.5) is 0 Å². The van der Waals surface area contributed by atoms with Gasteiger partial charge in [-0.3, -0.25) is 9.59 Å². The molecule has 0 radical (unpaired) electrons. The molecule has 4 atom stereocenters. The first kappa shape index (κ1) is 34.6. The molecule has 4 rings (SSSR count). The van der Waals surface area contributed by atoms with E-state index in [4.69, 9.17) is 28.4 Å². The highest BCUT2D eigenvalue weighted by molar-refractivity contribution is 5.96. The van der Waals surface area contributed by atoms with Crippen LogP contribution >= 0.6 is 0 Å². The molecule has 15 nitrogen and oxygen atoms in total. The smallest absolute Gasteiger partial charge is 0.341 e. The summed E-state index contributed by atoms with van der Waals surface area (Å²) in [6.07, 6.45) is 0.818. The molecule has 2 heterocycles. The first-order chi connectivity index (χ1) is 22.7. The van der Waals surface area contributed by atoms with Crippen LogP contribution in [0.3, 0.4) is 0 Å². The van der Waals surface area contributed by atoms with Gasteiger partial charge in [-0.2, -0.15) is 10.2 Å². The molecule has 0 aromatic heterocycles. The third kappa shape index (κ3) is 9.87. The second kappa shape index (κ2) is 16.9. The third-order valence-electron chi connectivity index (χ3n) is 6.79. The maximum absolute atomic E-state index is 12.6. The summed E-state index contributed by atoms with van der Waals surface area (Å²) in [6, 6.07) is 10.7. The number of hydrogen-bond acceptors (Lipinski definition) is 15. The number of aliphatic hydroxyl groups is 1. The van der Waals surface area contributed by atoms with Gasteiger partial charge in [0, 0.05) is 6.08 Å². The predicted octanol–water partition coefficient (Wildman–Crippen LogP) is 1.57. The lowest BCUT2D eigenvalue weighted by molar-refractivity contribution is -0.151. The summed E-state index contributed by atoms with van der Waals surface area (Å²) in [4.78, 5) is 60.0. The standard InChI is InChI=1S/C32H32N2O13/c1-3-26(36)42-12-13-43-27(37)10-11-28(38)46-24-9-6-20(14-22(24)32(40)41-2)16-34-33-15-19-4-7-21(8-5-19)31(39)47-25-18-45-29-23(35)17-44-30(25)29/h3-9,14-16,23,25,29-30,35H,1,10-13,17-18H2,2H3/b33-15+,34-16+/t23-,25-,29?,30?/m1/s1. The van der Waals surface area contributed by atoms with E-state index in [1.54, 1.807) is 24.3 Å². The number of nitrogens with zero attached hydrogens (tertiary/aromatic N) is 2. The van der Waals surface area contributed by atoms with E-state index < -0.39 is 54.3 Å². The Morgan fingerprint density at radius 1 is 0.872 bits per heavy atom. The number of benzene rings is 2. The second-order valence-electron chi connectivity index (χ2n) is 10.0. The Bertz CT molecular complexity index is 1540. The SMILES string of the molecule is C=CC(=O)OCCOC(=O)CCC(=O)Oc1ccc(/C=N/N=C/c2ccc(C(=O)O[C@@H]3COC4C3OC[C@H]4O)cc2)cc1C(=O)OC. The molecule has 248 valence electrons. The normalized spacial score (nSPS) is 20.0. The van der Waals surface area contributed by atoms with Gasteiger partial charge in [0.2, 0.25) is 0 Å². The average Bonchev–Trinajstić information content (AvgIpc) is 3.66. The lowest BCUT2D eigenvalue weighted by atomic mass is 10.1. The van der Waals surface area contributed by atoms with Crippen molar-refractivity contribution in [1.29, 1.82) is 0 Å². The molecule has 47 heavy (non-hydrogen) atoms. The summed E-state index contributed by atoms with van der Waals surface area (Å²) in [6.45, 7) is 3.18. The Morgan fingerprint density at radius 2 is 1.53 bits per heavy atom. The molecule has 0 saturated carbocycles. The molecule has 0 bridgehead atoms. The quantitative estimate of drug-likeness (QED) is 0.0588. The lowest BCUT2D eigenvalue weighted by Gasteiger charge is -2.16. The zero-order chi connectivity index (χ0) is 33.8. The molecule has 2 saturated heterocycles. The maximum Gasteiger partial charge on any atom is 0.341 e. The number of carbonyl (C=O) groups is 5. The van der Waals surface area contributed by atoms with Crippen molar-refractivity contribution in [1.82, 2.24) is 0 Å². The van der Waals surface area contributed by atoms with Crippen LogP contribution in [0, 0.1) is 0 Å². The minimum Gasteiger partial charge on any atom is -0.465 e. The Balaban J connectivity index is 1.26. The molecule has 15 heteroatoms.